The smallest absolute Gasteiger partial charge is 0.0348 e. The summed E-state index contributed by atoms with van der Waals surface area (Å²) in [5.41, 5.74) is 0. The quantitative estimate of drug-likeness (QED) is 0.365. The summed E-state index contributed by atoms with van der Waals surface area (Å²) >= 11 is 0. The SMILES string of the molecule is C\C=C/C=C\C=C\CCCCCC1CCCC1. The molecule has 1 saturated carbocycles. The Hall–Kier alpha value is -0.780. The van der Waals surface area contributed by atoms with Gasteiger partial charge in [-0.15, -0.1) is 0 Å². The van der Waals surface area contributed by atoms with Gasteiger partial charge in [0.2, 0.25) is 0 Å². The minimum Gasteiger partial charge on any atom is -0.0877 e. The van der Waals surface area contributed by atoms with Crippen LogP contribution >= 0.6 is 0 Å². The van der Waals surface area contributed by atoms with Crippen LogP contribution in [0.15, 0.2) is 36.5 Å². The molecule has 1 aliphatic rings. The molecule has 0 N–H and O–H groups in total. The first-order valence-electron chi connectivity index (χ1n) is 7.38. The van der Waals surface area contributed by atoms with Gasteiger partial charge in [-0.25, -0.2) is 0 Å². The van der Waals surface area contributed by atoms with Crippen molar-refractivity contribution in [2.75, 3.05) is 0 Å². The number of allylic oxidation sites excluding steroid dienone is 6. The fourth-order valence-corrected chi connectivity index (χ4v) is 2.59. The minimum atomic E-state index is 1.08. The Bertz CT molecular complexity index is 239. The summed E-state index contributed by atoms with van der Waals surface area (Å²) in [5.74, 6) is 1.08. The molecular formula is C17H28. The fourth-order valence-electron chi connectivity index (χ4n) is 2.59. The van der Waals surface area contributed by atoms with Crippen molar-refractivity contribution < 1.29 is 0 Å². The van der Waals surface area contributed by atoms with E-state index in [2.05, 4.69) is 30.4 Å². The van der Waals surface area contributed by atoms with Gasteiger partial charge in [-0.05, 0) is 25.7 Å². The summed E-state index contributed by atoms with van der Waals surface area (Å²) < 4.78 is 0. The summed E-state index contributed by atoms with van der Waals surface area (Å²) in [4.78, 5) is 0. The number of hydrogen-bond acceptors (Lipinski definition) is 0. The zero-order valence-corrected chi connectivity index (χ0v) is 11.4. The van der Waals surface area contributed by atoms with E-state index in [1.165, 1.54) is 57.8 Å². The molecule has 0 unspecified atom stereocenters. The monoisotopic (exact) mass is 232 g/mol. The maximum Gasteiger partial charge on any atom is -0.0348 e. The lowest BCUT2D eigenvalue weighted by Crippen LogP contribution is -1.92. The van der Waals surface area contributed by atoms with E-state index >= 15 is 0 Å². The van der Waals surface area contributed by atoms with E-state index in [0.717, 1.165) is 5.92 Å². The molecule has 0 bridgehead atoms. The Morgan fingerprint density at radius 2 is 1.65 bits per heavy atom. The highest BCUT2D eigenvalue weighted by atomic mass is 14.2. The predicted molar refractivity (Wildman–Crippen MR) is 78.1 cm³/mol. The van der Waals surface area contributed by atoms with Crippen molar-refractivity contribution in [3.63, 3.8) is 0 Å². The molecule has 96 valence electrons. The lowest BCUT2D eigenvalue weighted by atomic mass is 9.99. The van der Waals surface area contributed by atoms with E-state index in [-0.39, 0.29) is 0 Å². The highest BCUT2D eigenvalue weighted by Gasteiger charge is 2.13. The van der Waals surface area contributed by atoms with Crippen molar-refractivity contribution in [3.05, 3.63) is 36.5 Å². The van der Waals surface area contributed by atoms with Crippen molar-refractivity contribution in [1.29, 1.82) is 0 Å². The van der Waals surface area contributed by atoms with E-state index in [1.807, 2.05) is 13.0 Å². The molecule has 1 fully saturated rings. The van der Waals surface area contributed by atoms with Crippen LogP contribution in [-0.4, -0.2) is 0 Å². The Morgan fingerprint density at radius 1 is 0.882 bits per heavy atom. The molecule has 0 heterocycles. The van der Waals surface area contributed by atoms with Gasteiger partial charge in [0.1, 0.15) is 0 Å². The summed E-state index contributed by atoms with van der Waals surface area (Å²) in [6.07, 6.45) is 25.7. The molecule has 0 aromatic heterocycles. The third-order valence-corrected chi connectivity index (χ3v) is 3.62. The second-order valence-electron chi connectivity index (χ2n) is 5.13. The lowest BCUT2D eigenvalue weighted by Gasteiger charge is -2.07. The Balaban J connectivity index is 1.86. The summed E-state index contributed by atoms with van der Waals surface area (Å²) in [5, 5.41) is 0. The van der Waals surface area contributed by atoms with E-state index in [0.29, 0.717) is 0 Å². The van der Waals surface area contributed by atoms with Crippen LogP contribution in [0.2, 0.25) is 0 Å². The third-order valence-electron chi connectivity index (χ3n) is 3.62. The summed E-state index contributed by atoms with van der Waals surface area (Å²) in [6.45, 7) is 2.04. The van der Waals surface area contributed by atoms with Crippen LogP contribution in [-0.2, 0) is 0 Å². The van der Waals surface area contributed by atoms with Crippen LogP contribution in [0.25, 0.3) is 0 Å². The Morgan fingerprint density at radius 3 is 2.41 bits per heavy atom. The predicted octanol–water partition coefficient (Wildman–Crippen LogP) is 5.82. The molecule has 0 radical (unpaired) electrons. The van der Waals surface area contributed by atoms with Crippen LogP contribution in [0, 0.1) is 5.92 Å². The van der Waals surface area contributed by atoms with Gasteiger partial charge in [0.25, 0.3) is 0 Å². The molecule has 0 heteroatoms. The molecule has 0 spiro atoms. The summed E-state index contributed by atoms with van der Waals surface area (Å²) in [6, 6.07) is 0. The topological polar surface area (TPSA) is 0 Å². The van der Waals surface area contributed by atoms with Gasteiger partial charge in [-0.1, -0.05) is 81.4 Å². The van der Waals surface area contributed by atoms with E-state index in [1.54, 1.807) is 0 Å². The second kappa shape index (κ2) is 10.4. The average molecular weight is 232 g/mol. The first-order valence-corrected chi connectivity index (χ1v) is 7.38. The summed E-state index contributed by atoms with van der Waals surface area (Å²) in [7, 11) is 0. The van der Waals surface area contributed by atoms with Crippen LogP contribution < -0.4 is 0 Å². The lowest BCUT2D eigenvalue weighted by molar-refractivity contribution is 0.469. The molecule has 17 heavy (non-hydrogen) atoms. The maximum absolute atomic E-state index is 2.29. The number of hydrogen-bond donors (Lipinski definition) is 0. The van der Waals surface area contributed by atoms with Gasteiger partial charge in [0, 0.05) is 0 Å². The number of unbranched alkanes of at least 4 members (excludes halogenated alkanes) is 3. The first kappa shape index (κ1) is 14.3. The van der Waals surface area contributed by atoms with Crippen molar-refractivity contribution in [1.82, 2.24) is 0 Å². The zero-order valence-electron chi connectivity index (χ0n) is 11.4. The molecule has 1 rings (SSSR count). The van der Waals surface area contributed by atoms with Gasteiger partial charge in [0.05, 0.1) is 0 Å². The highest BCUT2D eigenvalue weighted by Crippen LogP contribution is 2.29. The standard InChI is InChI=1S/C17H28/c1-2-3-4-5-6-7-8-9-10-11-14-17-15-12-13-16-17/h2-7,17H,8-16H2,1H3/b3-2-,5-4-,7-6+. The highest BCUT2D eigenvalue weighted by molar-refractivity contribution is 5.10. The minimum absolute atomic E-state index is 1.08. The Labute approximate surface area is 108 Å². The Kier molecular flexibility index (Phi) is 8.72. The zero-order chi connectivity index (χ0) is 12.2. The molecule has 0 aliphatic heterocycles. The fraction of sp³-hybridized carbons (Fsp3) is 0.647. The van der Waals surface area contributed by atoms with E-state index in [9.17, 15) is 0 Å². The average Bonchev–Trinajstić information content (AvgIpc) is 2.85. The van der Waals surface area contributed by atoms with Crippen LogP contribution in [0.4, 0.5) is 0 Å². The van der Waals surface area contributed by atoms with E-state index < -0.39 is 0 Å². The van der Waals surface area contributed by atoms with Crippen molar-refractivity contribution in [3.8, 4) is 0 Å². The van der Waals surface area contributed by atoms with Gasteiger partial charge in [-0.3, -0.25) is 0 Å². The van der Waals surface area contributed by atoms with Crippen molar-refractivity contribution >= 4 is 0 Å². The van der Waals surface area contributed by atoms with Crippen molar-refractivity contribution in [2.45, 2.75) is 64.7 Å². The van der Waals surface area contributed by atoms with Crippen molar-refractivity contribution in [2.24, 2.45) is 5.92 Å². The van der Waals surface area contributed by atoms with Gasteiger partial charge in [0.15, 0.2) is 0 Å². The third kappa shape index (κ3) is 8.01. The van der Waals surface area contributed by atoms with Gasteiger partial charge >= 0.3 is 0 Å². The molecule has 0 amide bonds. The normalized spacial score (nSPS) is 18.2. The molecular weight excluding hydrogens is 204 g/mol. The molecule has 0 aromatic rings. The largest absolute Gasteiger partial charge is 0.0877 e. The van der Waals surface area contributed by atoms with Gasteiger partial charge in [-0.2, -0.15) is 0 Å². The molecule has 0 saturated heterocycles. The molecule has 0 aromatic carbocycles. The van der Waals surface area contributed by atoms with Crippen LogP contribution in [0.5, 0.6) is 0 Å². The second-order valence-corrected chi connectivity index (χ2v) is 5.13. The van der Waals surface area contributed by atoms with E-state index in [4.69, 9.17) is 0 Å². The molecule has 0 nitrogen and oxygen atoms in total. The van der Waals surface area contributed by atoms with Crippen LogP contribution in [0.3, 0.4) is 0 Å². The maximum atomic E-state index is 2.29. The number of rotatable bonds is 8. The van der Waals surface area contributed by atoms with Gasteiger partial charge < -0.3 is 0 Å². The van der Waals surface area contributed by atoms with Crippen LogP contribution in [0.1, 0.15) is 64.7 Å². The molecule has 1 aliphatic carbocycles. The first-order chi connectivity index (χ1) is 8.43. The molecule has 0 atom stereocenters.